The molecule has 1 aromatic heterocycles. The smallest absolute Gasteiger partial charge is 0.108 e. The summed E-state index contributed by atoms with van der Waals surface area (Å²) >= 11 is 0. The van der Waals surface area contributed by atoms with E-state index in [1.165, 1.54) is 50.0 Å². The minimum atomic E-state index is 0.0831. The lowest BCUT2D eigenvalue weighted by atomic mass is 9.51. The number of nitrogens with zero attached hydrogens (tertiary/aromatic N) is 2. The minimum absolute atomic E-state index is 0.0831. The van der Waals surface area contributed by atoms with Crippen LogP contribution < -0.4 is 5.73 Å². The molecule has 4 fully saturated rings. The highest BCUT2D eigenvalue weighted by atomic mass is 15.1. The first-order chi connectivity index (χ1) is 9.61. The van der Waals surface area contributed by atoms with E-state index in [1.54, 1.807) is 0 Å². The van der Waals surface area contributed by atoms with Crippen LogP contribution in [0.3, 0.4) is 0 Å². The van der Waals surface area contributed by atoms with Crippen molar-refractivity contribution in [3.8, 4) is 0 Å². The van der Waals surface area contributed by atoms with Crippen molar-refractivity contribution in [2.24, 2.45) is 42.4 Å². The summed E-state index contributed by atoms with van der Waals surface area (Å²) < 4.78 is 2.25. The number of hydrogen-bond acceptors (Lipinski definition) is 2. The fourth-order valence-electron chi connectivity index (χ4n) is 5.66. The van der Waals surface area contributed by atoms with Crippen LogP contribution in [0.1, 0.15) is 56.6 Å². The summed E-state index contributed by atoms with van der Waals surface area (Å²) in [6.07, 6.45) is 10.7. The van der Waals surface area contributed by atoms with Gasteiger partial charge in [-0.1, -0.05) is 0 Å². The molecule has 3 nitrogen and oxygen atoms in total. The summed E-state index contributed by atoms with van der Waals surface area (Å²) in [5, 5.41) is 0. The van der Waals surface area contributed by atoms with Crippen LogP contribution in [0.2, 0.25) is 0 Å². The van der Waals surface area contributed by atoms with E-state index in [2.05, 4.69) is 16.6 Å². The van der Waals surface area contributed by atoms with Crippen molar-refractivity contribution >= 4 is 0 Å². The molecule has 5 rings (SSSR count). The third kappa shape index (κ3) is 1.93. The fraction of sp³-hybridized carbons (Fsp3) is 0.824. The molecule has 4 aliphatic rings. The molecule has 4 aliphatic carbocycles. The second-order valence-electron chi connectivity index (χ2n) is 7.75. The van der Waals surface area contributed by atoms with Gasteiger partial charge in [0.25, 0.3) is 0 Å². The molecular weight excluding hydrogens is 246 g/mol. The van der Waals surface area contributed by atoms with Crippen LogP contribution in [-0.4, -0.2) is 9.55 Å². The zero-order valence-electron chi connectivity index (χ0n) is 12.8. The lowest BCUT2D eigenvalue weighted by molar-refractivity contribution is -0.0369. The van der Waals surface area contributed by atoms with Crippen LogP contribution in [0.5, 0.6) is 0 Å². The van der Waals surface area contributed by atoms with Crippen LogP contribution in [0.4, 0.5) is 0 Å². The summed E-state index contributed by atoms with van der Waals surface area (Å²) in [5.41, 5.74) is 7.19. The molecule has 1 unspecified atom stereocenters. The molecule has 1 heterocycles. The van der Waals surface area contributed by atoms with Crippen molar-refractivity contribution in [2.75, 3.05) is 0 Å². The summed E-state index contributed by atoms with van der Waals surface area (Å²) in [5.74, 6) is 6.26. The maximum absolute atomic E-state index is 6.02. The second-order valence-corrected chi connectivity index (χ2v) is 7.75. The van der Waals surface area contributed by atoms with E-state index in [0.717, 1.165) is 29.6 Å². The molecule has 0 amide bonds. The van der Waals surface area contributed by atoms with Crippen molar-refractivity contribution in [1.29, 1.82) is 0 Å². The Balaban J connectivity index is 1.55. The van der Waals surface area contributed by atoms with Crippen LogP contribution in [0.15, 0.2) is 6.20 Å². The van der Waals surface area contributed by atoms with Gasteiger partial charge in [0.1, 0.15) is 5.82 Å². The normalized spacial score (nSPS) is 40.2. The first-order valence-electron chi connectivity index (χ1n) is 8.38. The van der Waals surface area contributed by atoms with E-state index in [0.29, 0.717) is 0 Å². The molecule has 3 heteroatoms. The predicted octanol–water partition coefficient (Wildman–Crippen LogP) is 3.05. The van der Waals surface area contributed by atoms with E-state index in [9.17, 15) is 0 Å². The molecular formula is C17H27N3. The number of aromatic nitrogens is 2. The Morgan fingerprint density at radius 1 is 1.20 bits per heavy atom. The van der Waals surface area contributed by atoms with E-state index in [4.69, 9.17) is 5.73 Å². The first kappa shape index (κ1) is 12.9. The topological polar surface area (TPSA) is 43.8 Å². The van der Waals surface area contributed by atoms with Gasteiger partial charge in [-0.2, -0.15) is 0 Å². The van der Waals surface area contributed by atoms with Gasteiger partial charge in [0.15, 0.2) is 0 Å². The Hall–Kier alpha value is -0.830. The van der Waals surface area contributed by atoms with Crippen LogP contribution >= 0.6 is 0 Å². The van der Waals surface area contributed by atoms with Crippen LogP contribution in [-0.2, 0) is 13.5 Å². The SMILES string of the molecule is CC(N)c1cnc(CC2C3CC4CC(C3)CC2C4)n1C. The van der Waals surface area contributed by atoms with Crippen molar-refractivity contribution in [1.82, 2.24) is 9.55 Å². The monoisotopic (exact) mass is 273 g/mol. The maximum Gasteiger partial charge on any atom is 0.108 e. The van der Waals surface area contributed by atoms with Gasteiger partial charge < -0.3 is 10.3 Å². The third-order valence-electron chi connectivity index (χ3n) is 6.43. The zero-order valence-corrected chi connectivity index (χ0v) is 12.8. The van der Waals surface area contributed by atoms with Gasteiger partial charge in [-0.3, -0.25) is 0 Å². The quantitative estimate of drug-likeness (QED) is 0.920. The molecule has 1 aromatic rings. The van der Waals surface area contributed by atoms with E-state index >= 15 is 0 Å². The highest BCUT2D eigenvalue weighted by molar-refractivity contribution is 5.10. The average Bonchev–Trinajstić information content (AvgIpc) is 2.74. The Kier molecular flexibility index (Phi) is 2.95. The maximum atomic E-state index is 6.02. The van der Waals surface area contributed by atoms with Crippen molar-refractivity contribution < 1.29 is 0 Å². The standard InChI is InChI=1S/C17H27N3/c1-10(18)16-9-19-17(20(16)2)8-15-13-4-11-3-12(6-13)7-14(15)5-11/h9-15H,3-8,18H2,1-2H3. The number of nitrogens with two attached hydrogens (primary N) is 1. The third-order valence-corrected chi connectivity index (χ3v) is 6.43. The Labute approximate surface area is 122 Å². The Bertz CT molecular complexity index is 474. The lowest BCUT2D eigenvalue weighted by Gasteiger charge is -2.54. The van der Waals surface area contributed by atoms with Gasteiger partial charge in [-0.15, -0.1) is 0 Å². The lowest BCUT2D eigenvalue weighted by Crippen LogP contribution is -2.46. The Morgan fingerprint density at radius 3 is 2.30 bits per heavy atom. The summed E-state index contributed by atoms with van der Waals surface area (Å²) in [4.78, 5) is 4.67. The van der Waals surface area contributed by atoms with Crippen LogP contribution in [0, 0.1) is 29.6 Å². The molecule has 0 radical (unpaired) electrons. The van der Waals surface area contributed by atoms with Gasteiger partial charge >= 0.3 is 0 Å². The molecule has 0 spiro atoms. The zero-order chi connectivity index (χ0) is 13.9. The van der Waals surface area contributed by atoms with Crippen molar-refractivity contribution in [3.63, 3.8) is 0 Å². The molecule has 110 valence electrons. The molecule has 4 saturated carbocycles. The molecule has 1 atom stereocenters. The van der Waals surface area contributed by atoms with Crippen molar-refractivity contribution in [3.05, 3.63) is 17.7 Å². The highest BCUT2D eigenvalue weighted by Crippen LogP contribution is 2.57. The second kappa shape index (κ2) is 4.59. The molecule has 0 aromatic carbocycles. The first-order valence-corrected chi connectivity index (χ1v) is 8.38. The molecule has 2 N–H and O–H groups in total. The molecule has 20 heavy (non-hydrogen) atoms. The summed E-state index contributed by atoms with van der Waals surface area (Å²) in [6.45, 7) is 2.05. The van der Waals surface area contributed by atoms with E-state index < -0.39 is 0 Å². The summed E-state index contributed by atoms with van der Waals surface area (Å²) in [7, 11) is 2.14. The van der Waals surface area contributed by atoms with E-state index in [1.807, 2.05) is 13.1 Å². The fourth-order valence-corrected chi connectivity index (χ4v) is 5.66. The van der Waals surface area contributed by atoms with Gasteiger partial charge in [0.2, 0.25) is 0 Å². The predicted molar refractivity (Wildman–Crippen MR) is 80.0 cm³/mol. The number of imidazole rings is 1. The number of hydrogen-bond donors (Lipinski definition) is 1. The van der Waals surface area contributed by atoms with Gasteiger partial charge in [0.05, 0.1) is 11.9 Å². The van der Waals surface area contributed by atoms with Gasteiger partial charge in [0, 0.05) is 19.5 Å². The van der Waals surface area contributed by atoms with Crippen LogP contribution in [0.25, 0.3) is 0 Å². The van der Waals surface area contributed by atoms with Gasteiger partial charge in [-0.05, 0) is 68.6 Å². The summed E-state index contributed by atoms with van der Waals surface area (Å²) in [6, 6.07) is 0.0831. The Morgan fingerprint density at radius 2 is 1.80 bits per heavy atom. The van der Waals surface area contributed by atoms with E-state index in [-0.39, 0.29) is 6.04 Å². The molecule has 0 saturated heterocycles. The minimum Gasteiger partial charge on any atom is -0.334 e. The van der Waals surface area contributed by atoms with Crippen molar-refractivity contribution in [2.45, 2.75) is 51.5 Å². The van der Waals surface area contributed by atoms with Gasteiger partial charge in [-0.25, -0.2) is 4.98 Å². The largest absolute Gasteiger partial charge is 0.334 e. The molecule has 4 bridgehead atoms. The number of rotatable bonds is 3. The highest BCUT2D eigenvalue weighted by Gasteiger charge is 2.48. The average molecular weight is 273 g/mol. The molecule has 0 aliphatic heterocycles.